The van der Waals surface area contributed by atoms with Gasteiger partial charge in [0.25, 0.3) is 0 Å². The van der Waals surface area contributed by atoms with Crippen molar-refractivity contribution < 1.29 is 67.7 Å². The number of hydrogen-bond donors (Lipinski definition) is 1. The molecule has 0 radical (unpaired) electrons. The summed E-state index contributed by atoms with van der Waals surface area (Å²) in [5.74, 6) is 0.399. The smallest absolute Gasteiger partial charge is 1.00 e. The van der Waals surface area contributed by atoms with E-state index >= 15 is 0 Å². The van der Waals surface area contributed by atoms with Gasteiger partial charge < -0.3 is 6.16 Å². The van der Waals surface area contributed by atoms with E-state index in [1.807, 2.05) is 0 Å². The van der Waals surface area contributed by atoms with Crippen molar-refractivity contribution in [2.24, 2.45) is 9.98 Å². The molecule has 0 bridgehead atoms. The van der Waals surface area contributed by atoms with Crippen LogP contribution >= 0.6 is 23.4 Å². The van der Waals surface area contributed by atoms with Gasteiger partial charge >= 0.3 is 57.1 Å². The maximum absolute atomic E-state index is 11.5. The van der Waals surface area contributed by atoms with E-state index in [2.05, 4.69) is 9.98 Å². The maximum Gasteiger partial charge on any atom is 1.00 e. The second-order valence-electron chi connectivity index (χ2n) is 5.56. The molecule has 4 rings (SSSR count). The second-order valence-corrected chi connectivity index (χ2v) is 7.03. The van der Waals surface area contributed by atoms with E-state index in [0.717, 1.165) is 5.06 Å². The summed E-state index contributed by atoms with van der Waals surface area (Å²) in [7, 11) is 0. The van der Waals surface area contributed by atoms with Gasteiger partial charge in [0, 0.05) is 11.6 Å². The summed E-state index contributed by atoms with van der Waals surface area (Å²) >= 11 is 7.33. The Morgan fingerprint density at radius 1 is 1.29 bits per heavy atom. The summed E-state index contributed by atoms with van der Waals surface area (Å²) in [4.78, 5) is 19.3. The van der Waals surface area contributed by atoms with E-state index in [9.17, 15) is 15.3 Å². The molecule has 2 aliphatic rings. The molecule has 0 spiro atoms. The monoisotopic (exact) mass is 442 g/mol. The average molecular weight is 443 g/mol. The first-order valence-corrected chi connectivity index (χ1v) is 8.96. The number of nitro groups is 1. The number of halogens is 1. The molecule has 1 unspecified atom stereocenters. The van der Waals surface area contributed by atoms with E-state index in [1.165, 1.54) is 30.2 Å². The minimum atomic E-state index is -0.524. The molecule has 0 fully saturated rings. The SMILES string of the molecule is O=[N+]([O-])c1cc(C2=NC3=CN=CN(O)C3S2)ccc1Oc1ccccc1Cl.[H-].[K+]. The second kappa shape index (κ2) is 9.05. The number of benzene rings is 2. The third-order valence-corrected chi connectivity index (χ3v) is 5.34. The molecule has 1 atom stereocenters. The fraction of sp³-hybridized carbons (Fsp3) is 0.0588. The molecule has 0 saturated carbocycles. The largest absolute Gasteiger partial charge is 1.00 e. The van der Waals surface area contributed by atoms with E-state index in [0.29, 0.717) is 27.1 Å². The molecule has 11 heteroatoms. The Balaban J connectivity index is 0.00000150. The molecular formula is C17H12ClKN4O4S. The number of nitrogens with zero attached hydrogens (tertiary/aromatic N) is 4. The zero-order valence-corrected chi connectivity index (χ0v) is 19.2. The molecule has 1 N–H and O–H groups in total. The van der Waals surface area contributed by atoms with Gasteiger partial charge in [0.1, 0.15) is 17.1 Å². The van der Waals surface area contributed by atoms with Crippen molar-refractivity contribution in [3.05, 3.63) is 75.1 Å². The molecule has 138 valence electrons. The first kappa shape index (κ1) is 21.5. The van der Waals surface area contributed by atoms with Crippen molar-refractivity contribution in [3.63, 3.8) is 0 Å². The van der Waals surface area contributed by atoms with Crippen LogP contribution in [0.2, 0.25) is 5.02 Å². The summed E-state index contributed by atoms with van der Waals surface area (Å²) in [6, 6.07) is 11.3. The van der Waals surface area contributed by atoms with Gasteiger partial charge in [-0.2, -0.15) is 0 Å². The van der Waals surface area contributed by atoms with Gasteiger partial charge in [0.2, 0.25) is 5.75 Å². The number of nitro benzene ring substituents is 1. The van der Waals surface area contributed by atoms with Crippen molar-refractivity contribution in [1.29, 1.82) is 0 Å². The number of thioether (sulfide) groups is 1. The standard InChI is InChI=1S/C17H11ClN4O4S.K.H/c18-11-3-1-2-4-14(11)26-15-6-5-10(7-13(15)22(24)25)16-20-12-8-19-9-21(23)17(12)27-16;;/h1-9,17,23H;;/q;+1;-1. The molecule has 0 aliphatic carbocycles. The molecular weight excluding hydrogens is 431 g/mol. The van der Waals surface area contributed by atoms with Crippen LogP contribution in [-0.4, -0.2) is 31.9 Å². The van der Waals surface area contributed by atoms with Crippen molar-refractivity contribution >= 4 is 40.4 Å². The molecule has 28 heavy (non-hydrogen) atoms. The summed E-state index contributed by atoms with van der Waals surface area (Å²) in [5, 5.41) is 22.8. The quantitative estimate of drug-likeness (QED) is 0.438. The third kappa shape index (κ3) is 4.34. The number of aliphatic imine (C=N–C) groups is 2. The van der Waals surface area contributed by atoms with Crippen molar-refractivity contribution in [2.45, 2.75) is 5.37 Å². The van der Waals surface area contributed by atoms with Crippen LogP contribution in [0.15, 0.2) is 64.3 Å². The van der Waals surface area contributed by atoms with Crippen LogP contribution in [0.5, 0.6) is 11.5 Å². The summed E-state index contributed by atoms with van der Waals surface area (Å²) in [5.41, 5.74) is 0.901. The molecule has 0 amide bonds. The predicted molar refractivity (Wildman–Crippen MR) is 104 cm³/mol. The number of hydrogen-bond acceptors (Lipinski definition) is 8. The Morgan fingerprint density at radius 2 is 2.07 bits per heavy atom. The van der Waals surface area contributed by atoms with Gasteiger partial charge in [0.15, 0.2) is 5.37 Å². The van der Waals surface area contributed by atoms with E-state index in [1.54, 1.807) is 36.5 Å². The predicted octanol–water partition coefficient (Wildman–Crippen LogP) is 1.55. The third-order valence-electron chi connectivity index (χ3n) is 3.80. The van der Waals surface area contributed by atoms with Crippen LogP contribution in [0.25, 0.3) is 0 Å². The fourth-order valence-corrected chi connectivity index (χ4v) is 3.75. The summed E-state index contributed by atoms with van der Waals surface area (Å²) in [6.45, 7) is 0. The van der Waals surface area contributed by atoms with Crippen LogP contribution in [0.4, 0.5) is 5.69 Å². The first-order valence-electron chi connectivity index (χ1n) is 7.70. The molecule has 8 nitrogen and oxygen atoms in total. The van der Waals surface area contributed by atoms with E-state index in [4.69, 9.17) is 16.3 Å². The molecule has 2 aliphatic heterocycles. The van der Waals surface area contributed by atoms with Gasteiger partial charge in [-0.3, -0.25) is 15.3 Å². The maximum atomic E-state index is 11.5. The topological polar surface area (TPSA) is 101 Å². The van der Waals surface area contributed by atoms with Crippen molar-refractivity contribution in [2.75, 3.05) is 0 Å². The average Bonchev–Trinajstić information content (AvgIpc) is 3.09. The first-order chi connectivity index (χ1) is 13.0. The normalized spacial score (nSPS) is 17.4. The number of fused-ring (bicyclic) bond motifs is 1. The van der Waals surface area contributed by atoms with Crippen molar-refractivity contribution in [1.82, 2.24) is 5.06 Å². The van der Waals surface area contributed by atoms with Gasteiger partial charge in [-0.05, 0) is 24.3 Å². The van der Waals surface area contributed by atoms with Crippen LogP contribution in [0.1, 0.15) is 6.99 Å². The minimum absolute atomic E-state index is 0. The number of rotatable bonds is 4. The molecule has 0 saturated heterocycles. The Morgan fingerprint density at radius 3 is 2.79 bits per heavy atom. The Hall–Kier alpha value is -1.24. The van der Waals surface area contributed by atoms with Gasteiger partial charge in [-0.15, -0.1) is 0 Å². The van der Waals surface area contributed by atoms with Gasteiger partial charge in [-0.25, -0.2) is 15.0 Å². The zero-order chi connectivity index (χ0) is 19.0. The van der Waals surface area contributed by atoms with Crippen LogP contribution in [0, 0.1) is 10.1 Å². The molecule has 2 heterocycles. The molecule has 2 aromatic carbocycles. The molecule has 0 aromatic heterocycles. The van der Waals surface area contributed by atoms with Crippen LogP contribution in [-0.2, 0) is 0 Å². The van der Waals surface area contributed by atoms with Crippen molar-refractivity contribution in [3.8, 4) is 11.5 Å². The summed E-state index contributed by atoms with van der Waals surface area (Å²) < 4.78 is 5.63. The molecule has 2 aromatic rings. The van der Waals surface area contributed by atoms with E-state index in [-0.39, 0.29) is 64.2 Å². The van der Waals surface area contributed by atoms with E-state index < -0.39 is 10.3 Å². The Labute approximate surface area is 213 Å². The summed E-state index contributed by atoms with van der Waals surface area (Å²) in [6.07, 6.45) is 2.82. The van der Waals surface area contributed by atoms with Gasteiger partial charge in [-0.1, -0.05) is 35.5 Å². The van der Waals surface area contributed by atoms with Gasteiger partial charge in [0.05, 0.1) is 21.8 Å². The number of para-hydroxylation sites is 1. The zero-order valence-electron chi connectivity index (χ0n) is 15.5. The fourth-order valence-electron chi connectivity index (χ4n) is 2.54. The van der Waals surface area contributed by atoms with Crippen LogP contribution in [0.3, 0.4) is 0 Å². The van der Waals surface area contributed by atoms with Crippen LogP contribution < -0.4 is 56.1 Å². The number of ether oxygens (including phenoxy) is 1. The minimum Gasteiger partial charge on any atom is -1.00 e. The number of hydroxylamine groups is 2. The Bertz CT molecular complexity index is 1040. The Kier molecular flexibility index (Phi) is 6.94.